The molecule has 0 aliphatic rings. The molecular formula is C22H22N2O4S. The summed E-state index contributed by atoms with van der Waals surface area (Å²) < 4.78 is 33.0. The summed E-state index contributed by atoms with van der Waals surface area (Å²) in [7, 11) is -2.30. The molecule has 3 aromatic carbocycles. The van der Waals surface area contributed by atoms with Crippen LogP contribution < -0.4 is 14.8 Å². The Hall–Kier alpha value is -3.32. The first-order chi connectivity index (χ1) is 13.9. The van der Waals surface area contributed by atoms with Crippen molar-refractivity contribution in [2.45, 2.75) is 17.9 Å². The average Bonchev–Trinajstić information content (AvgIpc) is 2.74. The number of amides is 1. The molecule has 0 radical (unpaired) electrons. The van der Waals surface area contributed by atoms with E-state index in [1.165, 1.54) is 19.2 Å². The fourth-order valence-electron chi connectivity index (χ4n) is 2.78. The Morgan fingerprint density at radius 2 is 1.62 bits per heavy atom. The lowest BCUT2D eigenvalue weighted by atomic mass is 10.1. The smallest absolute Gasteiger partial charge is 0.261 e. The second-order valence-corrected chi connectivity index (χ2v) is 8.15. The summed E-state index contributed by atoms with van der Waals surface area (Å²) in [6.07, 6.45) is 0. The standard InChI is InChI=1S/C22H22N2O4S/c1-16(17-7-4-3-5-8-17)23-22(25)18-9-6-10-21(15-18)29(26,27)24-19-11-13-20(28-2)14-12-19/h3-16,24H,1-2H3,(H,23,25)/t16-/m0/s1. The quantitative estimate of drug-likeness (QED) is 0.617. The van der Waals surface area contributed by atoms with Crippen molar-refractivity contribution in [2.24, 2.45) is 0 Å². The van der Waals surface area contributed by atoms with Crippen molar-refractivity contribution in [2.75, 3.05) is 11.8 Å². The van der Waals surface area contributed by atoms with Crippen molar-refractivity contribution in [3.05, 3.63) is 90.0 Å². The molecule has 150 valence electrons. The van der Waals surface area contributed by atoms with E-state index in [-0.39, 0.29) is 22.4 Å². The minimum atomic E-state index is -3.84. The Kier molecular flexibility index (Phi) is 6.19. The van der Waals surface area contributed by atoms with Gasteiger partial charge in [-0.25, -0.2) is 8.42 Å². The Bertz CT molecular complexity index is 1080. The summed E-state index contributed by atoms with van der Waals surface area (Å²) in [5, 5.41) is 2.89. The molecule has 1 amide bonds. The molecule has 0 saturated heterocycles. The van der Waals surface area contributed by atoms with Crippen LogP contribution in [0.4, 0.5) is 5.69 Å². The van der Waals surface area contributed by atoms with Gasteiger partial charge in [0.25, 0.3) is 15.9 Å². The number of rotatable bonds is 7. The molecule has 29 heavy (non-hydrogen) atoms. The van der Waals surface area contributed by atoms with Gasteiger partial charge in [-0.15, -0.1) is 0 Å². The van der Waals surface area contributed by atoms with Gasteiger partial charge in [-0.1, -0.05) is 36.4 Å². The summed E-state index contributed by atoms with van der Waals surface area (Å²) in [5.74, 6) is 0.280. The number of methoxy groups -OCH3 is 1. The predicted octanol–water partition coefficient (Wildman–Crippen LogP) is 3.99. The fraction of sp³-hybridized carbons (Fsp3) is 0.136. The van der Waals surface area contributed by atoms with Gasteiger partial charge in [0.05, 0.1) is 18.0 Å². The van der Waals surface area contributed by atoms with Crippen molar-refractivity contribution in [1.29, 1.82) is 0 Å². The number of sulfonamides is 1. The van der Waals surface area contributed by atoms with E-state index in [2.05, 4.69) is 10.0 Å². The highest BCUT2D eigenvalue weighted by Crippen LogP contribution is 2.20. The van der Waals surface area contributed by atoms with Gasteiger partial charge in [-0.2, -0.15) is 0 Å². The maximum absolute atomic E-state index is 12.7. The highest BCUT2D eigenvalue weighted by Gasteiger charge is 2.18. The van der Waals surface area contributed by atoms with Gasteiger partial charge >= 0.3 is 0 Å². The lowest BCUT2D eigenvalue weighted by molar-refractivity contribution is 0.0939. The molecule has 0 unspecified atom stereocenters. The summed E-state index contributed by atoms with van der Waals surface area (Å²) in [4.78, 5) is 12.6. The van der Waals surface area contributed by atoms with E-state index in [1.54, 1.807) is 36.4 Å². The molecule has 0 aromatic heterocycles. The van der Waals surface area contributed by atoms with E-state index in [4.69, 9.17) is 4.74 Å². The normalized spacial score (nSPS) is 12.1. The van der Waals surface area contributed by atoms with Gasteiger partial charge in [0.2, 0.25) is 0 Å². The zero-order valence-electron chi connectivity index (χ0n) is 16.1. The molecule has 3 aromatic rings. The second-order valence-electron chi connectivity index (χ2n) is 6.47. The van der Waals surface area contributed by atoms with E-state index >= 15 is 0 Å². The van der Waals surface area contributed by atoms with Gasteiger partial charge in [0, 0.05) is 11.3 Å². The average molecular weight is 410 g/mol. The zero-order chi connectivity index (χ0) is 20.9. The molecule has 0 heterocycles. The number of carbonyl (C=O) groups excluding carboxylic acids is 1. The molecule has 0 bridgehead atoms. The molecule has 0 spiro atoms. The molecule has 0 aliphatic heterocycles. The third-order valence-electron chi connectivity index (χ3n) is 4.40. The third kappa shape index (κ3) is 5.14. The third-order valence-corrected chi connectivity index (χ3v) is 5.77. The summed E-state index contributed by atoms with van der Waals surface area (Å²) >= 11 is 0. The first-order valence-electron chi connectivity index (χ1n) is 9.02. The Labute approximate surface area is 170 Å². The van der Waals surface area contributed by atoms with Crippen molar-refractivity contribution in [3.63, 3.8) is 0 Å². The van der Waals surface area contributed by atoms with E-state index in [0.717, 1.165) is 5.56 Å². The number of carbonyl (C=O) groups is 1. The van der Waals surface area contributed by atoms with Gasteiger partial charge in [0.15, 0.2) is 0 Å². The van der Waals surface area contributed by atoms with E-state index in [1.807, 2.05) is 37.3 Å². The first-order valence-corrected chi connectivity index (χ1v) is 10.5. The van der Waals surface area contributed by atoms with Crippen molar-refractivity contribution < 1.29 is 17.9 Å². The van der Waals surface area contributed by atoms with Crippen molar-refractivity contribution in [1.82, 2.24) is 5.32 Å². The topological polar surface area (TPSA) is 84.5 Å². The highest BCUT2D eigenvalue weighted by atomic mass is 32.2. The molecule has 1 atom stereocenters. The molecule has 0 aliphatic carbocycles. The Morgan fingerprint density at radius 1 is 0.931 bits per heavy atom. The number of nitrogens with one attached hydrogen (secondary N) is 2. The first kappa shape index (κ1) is 20.4. The molecule has 7 heteroatoms. The van der Waals surface area contributed by atoms with E-state index in [0.29, 0.717) is 11.4 Å². The fourth-order valence-corrected chi connectivity index (χ4v) is 3.89. The summed E-state index contributed by atoms with van der Waals surface area (Å²) in [6.45, 7) is 1.87. The number of hydrogen-bond acceptors (Lipinski definition) is 4. The largest absolute Gasteiger partial charge is 0.497 e. The van der Waals surface area contributed by atoms with Crippen LogP contribution in [0.2, 0.25) is 0 Å². The maximum Gasteiger partial charge on any atom is 0.261 e. The number of benzene rings is 3. The minimum absolute atomic E-state index is 0.00772. The number of ether oxygens (including phenoxy) is 1. The molecule has 2 N–H and O–H groups in total. The molecule has 6 nitrogen and oxygen atoms in total. The molecule has 3 rings (SSSR count). The minimum Gasteiger partial charge on any atom is -0.497 e. The number of hydrogen-bond donors (Lipinski definition) is 2. The van der Waals surface area contributed by atoms with E-state index in [9.17, 15) is 13.2 Å². The van der Waals surface area contributed by atoms with Gasteiger partial charge in [-0.05, 0) is 55.0 Å². The Morgan fingerprint density at radius 3 is 2.28 bits per heavy atom. The lowest BCUT2D eigenvalue weighted by Gasteiger charge is -2.15. The van der Waals surface area contributed by atoms with Crippen LogP contribution in [0.3, 0.4) is 0 Å². The van der Waals surface area contributed by atoms with E-state index < -0.39 is 10.0 Å². The van der Waals surface area contributed by atoms with Gasteiger partial charge in [-0.3, -0.25) is 9.52 Å². The SMILES string of the molecule is COc1ccc(NS(=O)(=O)c2cccc(C(=O)N[C@@H](C)c3ccccc3)c2)cc1. The summed E-state index contributed by atoms with van der Waals surface area (Å²) in [6, 6.07) is 21.8. The van der Waals surface area contributed by atoms with Crippen LogP contribution in [-0.2, 0) is 10.0 Å². The predicted molar refractivity (Wildman–Crippen MR) is 113 cm³/mol. The van der Waals surface area contributed by atoms with Crippen LogP contribution in [0.15, 0.2) is 83.8 Å². The van der Waals surface area contributed by atoms with Gasteiger partial charge < -0.3 is 10.1 Å². The van der Waals surface area contributed by atoms with Crippen molar-refractivity contribution in [3.8, 4) is 5.75 Å². The molecule has 0 fully saturated rings. The van der Waals surface area contributed by atoms with Crippen LogP contribution in [0.1, 0.15) is 28.9 Å². The lowest BCUT2D eigenvalue weighted by Crippen LogP contribution is -2.26. The van der Waals surface area contributed by atoms with Crippen LogP contribution in [0.5, 0.6) is 5.75 Å². The van der Waals surface area contributed by atoms with Gasteiger partial charge in [0.1, 0.15) is 5.75 Å². The summed E-state index contributed by atoms with van der Waals surface area (Å²) in [5.41, 5.74) is 1.63. The van der Waals surface area contributed by atoms with Crippen LogP contribution >= 0.6 is 0 Å². The van der Waals surface area contributed by atoms with Crippen LogP contribution in [-0.4, -0.2) is 21.4 Å². The monoisotopic (exact) mass is 410 g/mol. The van der Waals surface area contributed by atoms with Crippen LogP contribution in [0.25, 0.3) is 0 Å². The zero-order valence-corrected chi connectivity index (χ0v) is 16.9. The molecule has 0 saturated carbocycles. The second kappa shape index (κ2) is 8.79. The number of anilines is 1. The van der Waals surface area contributed by atoms with Crippen LogP contribution in [0, 0.1) is 0 Å². The maximum atomic E-state index is 12.7. The van der Waals surface area contributed by atoms with Crippen molar-refractivity contribution >= 4 is 21.6 Å². The Balaban J connectivity index is 1.76. The highest BCUT2D eigenvalue weighted by molar-refractivity contribution is 7.92. The molecular weight excluding hydrogens is 388 g/mol.